The number of carbonyl (C=O) groups excluding carboxylic acids is 1. The molecule has 0 aliphatic heterocycles. The van der Waals surface area contributed by atoms with Crippen molar-refractivity contribution in [1.29, 1.82) is 5.41 Å². The number of carbonyl (C=O) groups is 1. The van der Waals surface area contributed by atoms with Crippen molar-refractivity contribution < 1.29 is 4.79 Å². The zero-order chi connectivity index (χ0) is 17.6. The van der Waals surface area contributed by atoms with Gasteiger partial charge in [-0.25, -0.2) is 4.98 Å². The van der Waals surface area contributed by atoms with Gasteiger partial charge in [-0.2, -0.15) is 0 Å². The zero-order valence-corrected chi connectivity index (χ0v) is 14.9. The summed E-state index contributed by atoms with van der Waals surface area (Å²) in [6.07, 6.45) is 5.46. The first-order valence-corrected chi connectivity index (χ1v) is 7.88. The number of halogens is 1. The molecule has 7 heteroatoms. The van der Waals surface area contributed by atoms with E-state index in [9.17, 15) is 4.79 Å². The normalized spacial score (nSPS) is 10.0. The van der Waals surface area contributed by atoms with Crippen molar-refractivity contribution in [3.05, 3.63) is 89.5 Å². The minimum Gasteiger partial charge on any atom is -0.384 e. The highest BCUT2D eigenvalue weighted by Crippen LogP contribution is 2.08. The molecule has 0 unspecified atom stereocenters. The Morgan fingerprint density at radius 2 is 1.81 bits per heavy atom. The van der Waals surface area contributed by atoms with Gasteiger partial charge in [-0.3, -0.25) is 10.2 Å². The first kappa shape index (κ1) is 19.2. The van der Waals surface area contributed by atoms with Crippen molar-refractivity contribution in [2.45, 2.75) is 13.1 Å². The molecule has 0 aliphatic rings. The molecule has 0 aliphatic carbocycles. The maximum Gasteiger partial charge on any atom is 0.251 e. The third-order valence-corrected chi connectivity index (χ3v) is 3.84. The SMILES string of the molecule is Cl.N=C(N)c1cccc(C(=O)NCc2ccc(Cn3ccnc3)cc2)c1. The fourth-order valence-corrected chi connectivity index (χ4v) is 2.47. The van der Waals surface area contributed by atoms with Crippen LogP contribution in [-0.4, -0.2) is 21.3 Å². The molecule has 1 heterocycles. The van der Waals surface area contributed by atoms with Crippen molar-refractivity contribution in [1.82, 2.24) is 14.9 Å². The monoisotopic (exact) mass is 369 g/mol. The smallest absolute Gasteiger partial charge is 0.251 e. The van der Waals surface area contributed by atoms with Crippen LogP contribution in [0.5, 0.6) is 0 Å². The molecule has 3 rings (SSSR count). The van der Waals surface area contributed by atoms with E-state index in [0.717, 1.165) is 12.1 Å². The summed E-state index contributed by atoms with van der Waals surface area (Å²) < 4.78 is 2.00. The minimum atomic E-state index is -0.189. The summed E-state index contributed by atoms with van der Waals surface area (Å²) >= 11 is 0. The fourth-order valence-electron chi connectivity index (χ4n) is 2.47. The first-order chi connectivity index (χ1) is 12.1. The highest BCUT2D eigenvalue weighted by molar-refractivity contribution is 5.99. The number of amidine groups is 1. The Bertz CT molecular complexity index is 875. The summed E-state index contributed by atoms with van der Waals surface area (Å²) in [5.74, 6) is -0.242. The van der Waals surface area contributed by atoms with Crippen LogP contribution < -0.4 is 11.1 Å². The topological polar surface area (TPSA) is 96.8 Å². The average Bonchev–Trinajstić information content (AvgIpc) is 3.14. The highest BCUT2D eigenvalue weighted by Gasteiger charge is 2.07. The quantitative estimate of drug-likeness (QED) is 0.460. The summed E-state index contributed by atoms with van der Waals surface area (Å²) in [5, 5.41) is 10.3. The van der Waals surface area contributed by atoms with Crippen LogP contribution >= 0.6 is 12.4 Å². The van der Waals surface area contributed by atoms with Gasteiger partial charge in [0.2, 0.25) is 0 Å². The lowest BCUT2D eigenvalue weighted by molar-refractivity contribution is 0.0951. The predicted molar refractivity (Wildman–Crippen MR) is 104 cm³/mol. The van der Waals surface area contributed by atoms with Crippen LogP contribution in [0.15, 0.2) is 67.3 Å². The molecule has 0 radical (unpaired) electrons. The Hall–Kier alpha value is -3.12. The Morgan fingerprint density at radius 3 is 2.46 bits per heavy atom. The number of hydrogen-bond acceptors (Lipinski definition) is 3. The molecule has 2 aromatic carbocycles. The Kier molecular flexibility index (Phi) is 6.52. The van der Waals surface area contributed by atoms with Crippen LogP contribution in [0.25, 0.3) is 0 Å². The lowest BCUT2D eigenvalue weighted by atomic mass is 10.1. The Labute approximate surface area is 158 Å². The molecule has 0 spiro atoms. The van der Waals surface area contributed by atoms with Crippen molar-refractivity contribution in [2.75, 3.05) is 0 Å². The summed E-state index contributed by atoms with van der Waals surface area (Å²) in [7, 11) is 0. The molecule has 1 amide bonds. The predicted octanol–water partition coefficient (Wildman–Crippen LogP) is 2.57. The summed E-state index contributed by atoms with van der Waals surface area (Å²) in [6, 6.07) is 14.8. The summed E-state index contributed by atoms with van der Waals surface area (Å²) in [4.78, 5) is 16.3. The number of aromatic nitrogens is 2. The lowest BCUT2D eigenvalue weighted by Gasteiger charge is -2.08. The standard InChI is InChI=1S/C19H19N5O.ClH/c20-18(21)16-2-1-3-17(10-16)19(25)23-11-14-4-6-15(7-5-14)12-24-9-8-22-13-24;/h1-10,13H,11-12H2,(H3,20,21)(H,23,25);1H. The number of imidazole rings is 1. The Balaban J connectivity index is 0.00000243. The first-order valence-electron chi connectivity index (χ1n) is 7.88. The fraction of sp³-hybridized carbons (Fsp3) is 0.105. The number of nitrogens with two attached hydrogens (primary N) is 1. The van der Waals surface area contributed by atoms with Gasteiger partial charge in [-0.15, -0.1) is 12.4 Å². The molecule has 134 valence electrons. The summed E-state index contributed by atoms with van der Waals surface area (Å²) in [5.41, 5.74) is 8.67. The van der Waals surface area contributed by atoms with Gasteiger partial charge in [0.05, 0.1) is 6.33 Å². The van der Waals surface area contributed by atoms with E-state index in [2.05, 4.69) is 10.3 Å². The van der Waals surface area contributed by atoms with E-state index in [1.54, 1.807) is 36.8 Å². The van der Waals surface area contributed by atoms with E-state index in [-0.39, 0.29) is 24.1 Å². The van der Waals surface area contributed by atoms with Gasteiger partial charge in [0.1, 0.15) is 5.84 Å². The van der Waals surface area contributed by atoms with Gasteiger partial charge in [0.15, 0.2) is 0 Å². The number of rotatable bonds is 6. The molecule has 0 bridgehead atoms. The molecular formula is C19H20ClN5O. The molecule has 1 aromatic heterocycles. The minimum absolute atomic E-state index is 0. The molecule has 0 saturated heterocycles. The molecular weight excluding hydrogens is 350 g/mol. The second-order valence-corrected chi connectivity index (χ2v) is 5.73. The number of amides is 1. The average molecular weight is 370 g/mol. The maximum atomic E-state index is 12.2. The third-order valence-electron chi connectivity index (χ3n) is 3.84. The maximum absolute atomic E-state index is 12.2. The zero-order valence-electron chi connectivity index (χ0n) is 14.1. The third kappa shape index (κ3) is 4.94. The van der Waals surface area contributed by atoms with E-state index < -0.39 is 0 Å². The van der Waals surface area contributed by atoms with E-state index in [1.807, 2.05) is 35.0 Å². The molecule has 3 aromatic rings. The van der Waals surface area contributed by atoms with E-state index in [1.165, 1.54) is 5.56 Å². The number of nitrogen functional groups attached to an aromatic ring is 1. The van der Waals surface area contributed by atoms with E-state index in [4.69, 9.17) is 11.1 Å². The molecule has 0 fully saturated rings. The number of hydrogen-bond donors (Lipinski definition) is 3. The van der Waals surface area contributed by atoms with Crippen molar-refractivity contribution in [3.63, 3.8) is 0 Å². The van der Waals surface area contributed by atoms with Crippen molar-refractivity contribution in [2.24, 2.45) is 5.73 Å². The van der Waals surface area contributed by atoms with Gasteiger partial charge in [0.25, 0.3) is 5.91 Å². The molecule has 6 nitrogen and oxygen atoms in total. The van der Waals surface area contributed by atoms with Crippen LogP contribution in [-0.2, 0) is 13.1 Å². The molecule has 0 atom stereocenters. The van der Waals surface area contributed by atoms with Crippen LogP contribution in [0.1, 0.15) is 27.0 Å². The van der Waals surface area contributed by atoms with Crippen LogP contribution in [0.2, 0.25) is 0 Å². The second-order valence-electron chi connectivity index (χ2n) is 5.73. The van der Waals surface area contributed by atoms with Gasteiger partial charge >= 0.3 is 0 Å². The largest absolute Gasteiger partial charge is 0.384 e. The molecule has 0 saturated carbocycles. The number of benzene rings is 2. The van der Waals surface area contributed by atoms with Crippen LogP contribution in [0.4, 0.5) is 0 Å². The van der Waals surface area contributed by atoms with Gasteiger partial charge in [-0.1, -0.05) is 36.4 Å². The lowest BCUT2D eigenvalue weighted by Crippen LogP contribution is -2.23. The van der Waals surface area contributed by atoms with Gasteiger partial charge in [0, 0.05) is 36.6 Å². The molecule has 4 N–H and O–H groups in total. The van der Waals surface area contributed by atoms with Crippen molar-refractivity contribution in [3.8, 4) is 0 Å². The number of nitrogens with one attached hydrogen (secondary N) is 2. The van der Waals surface area contributed by atoms with E-state index in [0.29, 0.717) is 17.7 Å². The van der Waals surface area contributed by atoms with Gasteiger partial charge in [-0.05, 0) is 23.3 Å². The van der Waals surface area contributed by atoms with E-state index >= 15 is 0 Å². The Morgan fingerprint density at radius 1 is 1.12 bits per heavy atom. The van der Waals surface area contributed by atoms with Crippen molar-refractivity contribution >= 4 is 24.1 Å². The van der Waals surface area contributed by atoms with Crippen LogP contribution in [0, 0.1) is 5.41 Å². The molecule has 26 heavy (non-hydrogen) atoms. The second kappa shape index (κ2) is 8.82. The van der Waals surface area contributed by atoms with Gasteiger partial charge < -0.3 is 15.6 Å². The highest BCUT2D eigenvalue weighted by atomic mass is 35.5. The van der Waals surface area contributed by atoms with Crippen LogP contribution in [0.3, 0.4) is 0 Å². The number of nitrogens with zero attached hydrogens (tertiary/aromatic N) is 2. The summed E-state index contributed by atoms with van der Waals surface area (Å²) in [6.45, 7) is 1.21.